The maximum Gasteiger partial charge on any atom is 0.169 e. The number of carbonyl (C=O) groups excluding carboxylic acids is 1. The van der Waals surface area contributed by atoms with Crippen LogP contribution in [-0.2, 0) is 0 Å². The van der Waals surface area contributed by atoms with Crippen LogP contribution in [0.2, 0.25) is 0 Å². The summed E-state index contributed by atoms with van der Waals surface area (Å²) in [5.74, 6) is 0.0931. The lowest BCUT2D eigenvalue weighted by molar-refractivity contribution is 0.102. The summed E-state index contributed by atoms with van der Waals surface area (Å²) in [6.45, 7) is 1.60. The molecule has 0 aliphatic heterocycles. The van der Waals surface area contributed by atoms with Crippen LogP contribution in [0.3, 0.4) is 0 Å². The van der Waals surface area contributed by atoms with Gasteiger partial charge in [-0.25, -0.2) is 0 Å². The SMILES string of the molecule is CC(=O)c1ccc(-c2cccc3[nH]c(-c4n[nH]c5ccc(-c6cccnc6)cc45)cc23)s1. The highest BCUT2D eigenvalue weighted by Crippen LogP contribution is 2.37. The van der Waals surface area contributed by atoms with Gasteiger partial charge in [0, 0.05) is 44.7 Å². The Morgan fingerprint density at radius 2 is 1.84 bits per heavy atom. The van der Waals surface area contributed by atoms with Gasteiger partial charge in [0.15, 0.2) is 5.78 Å². The van der Waals surface area contributed by atoms with Gasteiger partial charge in [0.2, 0.25) is 0 Å². The second kappa shape index (κ2) is 7.28. The number of pyridine rings is 1. The number of carbonyl (C=O) groups is 1. The average molecular weight is 435 g/mol. The summed E-state index contributed by atoms with van der Waals surface area (Å²) in [5.41, 5.74) is 7.12. The summed E-state index contributed by atoms with van der Waals surface area (Å²) in [7, 11) is 0. The minimum Gasteiger partial charge on any atom is -0.353 e. The Morgan fingerprint density at radius 3 is 2.66 bits per heavy atom. The van der Waals surface area contributed by atoms with Gasteiger partial charge in [0.1, 0.15) is 5.69 Å². The number of nitrogens with zero attached hydrogens (tertiary/aromatic N) is 2. The molecule has 2 aromatic carbocycles. The second-order valence-electron chi connectivity index (χ2n) is 7.74. The smallest absolute Gasteiger partial charge is 0.169 e. The van der Waals surface area contributed by atoms with Gasteiger partial charge >= 0.3 is 0 Å². The van der Waals surface area contributed by atoms with E-state index in [1.54, 1.807) is 13.1 Å². The molecule has 154 valence electrons. The number of hydrogen-bond donors (Lipinski definition) is 2. The van der Waals surface area contributed by atoms with E-state index in [9.17, 15) is 4.79 Å². The van der Waals surface area contributed by atoms with Crippen LogP contribution in [0.15, 0.2) is 79.1 Å². The van der Waals surface area contributed by atoms with Crippen molar-refractivity contribution < 1.29 is 4.79 Å². The first-order valence-corrected chi connectivity index (χ1v) is 11.1. The number of H-pyrrole nitrogens is 2. The van der Waals surface area contributed by atoms with Crippen LogP contribution in [0.4, 0.5) is 0 Å². The summed E-state index contributed by atoms with van der Waals surface area (Å²) in [6, 6.07) is 22.5. The zero-order valence-corrected chi connectivity index (χ0v) is 18.0. The summed E-state index contributed by atoms with van der Waals surface area (Å²) >= 11 is 1.53. The molecule has 32 heavy (non-hydrogen) atoms. The zero-order chi connectivity index (χ0) is 21.7. The van der Waals surface area contributed by atoms with Gasteiger partial charge in [-0.1, -0.05) is 24.3 Å². The van der Waals surface area contributed by atoms with Crippen LogP contribution < -0.4 is 0 Å². The Bertz CT molecular complexity index is 1610. The summed E-state index contributed by atoms with van der Waals surface area (Å²) in [6.07, 6.45) is 3.65. The normalized spacial score (nSPS) is 11.4. The molecule has 0 saturated heterocycles. The third-order valence-corrected chi connectivity index (χ3v) is 6.91. The van der Waals surface area contributed by atoms with E-state index < -0.39 is 0 Å². The third-order valence-electron chi connectivity index (χ3n) is 5.70. The molecule has 0 fully saturated rings. The highest BCUT2D eigenvalue weighted by atomic mass is 32.1. The van der Waals surface area contributed by atoms with Gasteiger partial charge in [-0.2, -0.15) is 5.10 Å². The first-order valence-electron chi connectivity index (χ1n) is 10.3. The van der Waals surface area contributed by atoms with Crippen molar-refractivity contribution in [1.82, 2.24) is 20.2 Å². The number of aromatic amines is 2. The number of nitrogens with one attached hydrogen (secondary N) is 2. The van der Waals surface area contributed by atoms with Crippen molar-refractivity contribution in [2.45, 2.75) is 6.92 Å². The molecule has 0 saturated carbocycles. The maximum atomic E-state index is 11.8. The molecular formula is C26H18N4OS. The molecule has 2 N–H and O–H groups in total. The van der Waals surface area contributed by atoms with Crippen molar-refractivity contribution in [3.8, 4) is 33.0 Å². The quantitative estimate of drug-likeness (QED) is 0.303. The van der Waals surface area contributed by atoms with Crippen LogP contribution in [0.5, 0.6) is 0 Å². The van der Waals surface area contributed by atoms with Gasteiger partial charge in [0.25, 0.3) is 0 Å². The molecule has 4 aromatic heterocycles. The minimum atomic E-state index is 0.0931. The zero-order valence-electron chi connectivity index (χ0n) is 17.2. The summed E-state index contributed by atoms with van der Waals surface area (Å²) in [5, 5.41) is 9.92. The number of benzene rings is 2. The predicted molar refractivity (Wildman–Crippen MR) is 130 cm³/mol. The molecule has 6 heteroatoms. The fourth-order valence-corrected chi connectivity index (χ4v) is 5.04. The van der Waals surface area contributed by atoms with Crippen molar-refractivity contribution >= 4 is 38.9 Å². The molecule has 0 aliphatic carbocycles. The van der Waals surface area contributed by atoms with Crippen molar-refractivity contribution in [3.63, 3.8) is 0 Å². The minimum absolute atomic E-state index is 0.0931. The van der Waals surface area contributed by atoms with E-state index in [0.29, 0.717) is 0 Å². The standard InChI is InChI=1S/C26H18N4OS/c1-15(31)24-9-10-25(32-24)18-5-2-6-21-19(18)13-23(28-21)26-20-12-16(7-8-22(20)29-30-26)17-4-3-11-27-14-17/h2-14,28H,1H3,(H,29,30). The molecule has 0 atom stereocenters. The molecule has 6 aromatic rings. The largest absolute Gasteiger partial charge is 0.353 e. The summed E-state index contributed by atoms with van der Waals surface area (Å²) in [4.78, 5) is 21.4. The number of Topliss-reactive ketones (excluding diaryl/α,β-unsaturated/α-hetero) is 1. The molecule has 6 rings (SSSR count). The summed E-state index contributed by atoms with van der Waals surface area (Å²) < 4.78 is 0. The van der Waals surface area contributed by atoms with Crippen molar-refractivity contribution in [3.05, 3.63) is 84.0 Å². The molecule has 0 spiro atoms. The van der Waals surface area contributed by atoms with Gasteiger partial charge in [-0.15, -0.1) is 11.3 Å². The van der Waals surface area contributed by atoms with Crippen LogP contribution >= 0.6 is 11.3 Å². The Kier molecular flexibility index (Phi) is 4.26. The number of fused-ring (bicyclic) bond motifs is 2. The molecule has 5 nitrogen and oxygen atoms in total. The van der Waals surface area contributed by atoms with Crippen molar-refractivity contribution in [2.24, 2.45) is 0 Å². The fraction of sp³-hybridized carbons (Fsp3) is 0.0385. The second-order valence-corrected chi connectivity index (χ2v) is 8.83. The Morgan fingerprint density at radius 1 is 0.906 bits per heavy atom. The Balaban J connectivity index is 1.49. The molecule has 0 aliphatic rings. The monoisotopic (exact) mass is 434 g/mol. The predicted octanol–water partition coefficient (Wildman–Crippen LogP) is 6.70. The molecular weight excluding hydrogens is 416 g/mol. The average Bonchev–Trinajstić information content (AvgIpc) is 3.56. The number of rotatable bonds is 4. The van der Waals surface area contributed by atoms with Crippen LogP contribution in [0.25, 0.3) is 54.8 Å². The fourth-order valence-electron chi connectivity index (χ4n) is 4.10. The molecule has 4 heterocycles. The molecule has 0 unspecified atom stereocenters. The van der Waals surface area contributed by atoms with E-state index in [1.807, 2.05) is 30.5 Å². The number of hydrogen-bond acceptors (Lipinski definition) is 4. The van der Waals surface area contributed by atoms with E-state index >= 15 is 0 Å². The van der Waals surface area contributed by atoms with E-state index in [0.717, 1.165) is 59.6 Å². The van der Waals surface area contributed by atoms with Crippen LogP contribution in [0, 0.1) is 0 Å². The first-order chi connectivity index (χ1) is 15.7. The highest BCUT2D eigenvalue weighted by Gasteiger charge is 2.15. The molecule has 0 radical (unpaired) electrons. The lowest BCUT2D eigenvalue weighted by atomic mass is 10.0. The number of ketones is 1. The number of thiophene rings is 1. The van der Waals surface area contributed by atoms with E-state index in [2.05, 4.69) is 62.6 Å². The maximum absolute atomic E-state index is 11.8. The van der Waals surface area contributed by atoms with Crippen LogP contribution in [-0.4, -0.2) is 25.9 Å². The number of aromatic nitrogens is 4. The van der Waals surface area contributed by atoms with E-state index in [1.165, 1.54) is 11.3 Å². The lowest BCUT2D eigenvalue weighted by Gasteiger charge is -2.01. The highest BCUT2D eigenvalue weighted by molar-refractivity contribution is 7.17. The van der Waals surface area contributed by atoms with Gasteiger partial charge < -0.3 is 4.98 Å². The first kappa shape index (κ1) is 18.7. The van der Waals surface area contributed by atoms with Gasteiger partial charge in [0.05, 0.1) is 16.1 Å². The Labute approximate surface area is 187 Å². The van der Waals surface area contributed by atoms with Gasteiger partial charge in [-0.3, -0.25) is 14.9 Å². The van der Waals surface area contributed by atoms with E-state index in [-0.39, 0.29) is 5.78 Å². The van der Waals surface area contributed by atoms with Crippen molar-refractivity contribution in [2.75, 3.05) is 0 Å². The third kappa shape index (κ3) is 3.04. The van der Waals surface area contributed by atoms with E-state index in [4.69, 9.17) is 0 Å². The van der Waals surface area contributed by atoms with Crippen molar-refractivity contribution in [1.29, 1.82) is 0 Å². The van der Waals surface area contributed by atoms with Gasteiger partial charge in [-0.05, 0) is 55.0 Å². The Hall–Kier alpha value is -4.03. The lowest BCUT2D eigenvalue weighted by Crippen LogP contribution is -1.83. The van der Waals surface area contributed by atoms with Crippen LogP contribution in [0.1, 0.15) is 16.6 Å². The molecule has 0 bridgehead atoms. The molecule has 0 amide bonds. The topological polar surface area (TPSA) is 74.4 Å².